The van der Waals surface area contributed by atoms with Crippen LogP contribution in [-0.2, 0) is 0 Å². The van der Waals surface area contributed by atoms with Crippen LogP contribution < -0.4 is 10.4 Å². The Morgan fingerprint density at radius 3 is 1.77 bits per heavy atom. The molecule has 0 aliphatic carbocycles. The SMILES string of the molecule is CC(c1ccccc1)N(Nc1ccccc1)c1ccccc1. The smallest absolute Gasteiger partial charge is 0.0725 e. The lowest BCUT2D eigenvalue weighted by Crippen LogP contribution is -2.32. The van der Waals surface area contributed by atoms with E-state index in [1.54, 1.807) is 0 Å². The van der Waals surface area contributed by atoms with E-state index in [0.717, 1.165) is 11.4 Å². The molecule has 0 fully saturated rings. The van der Waals surface area contributed by atoms with Crippen LogP contribution in [0.15, 0.2) is 91.0 Å². The fourth-order valence-corrected chi connectivity index (χ4v) is 2.51. The molecule has 22 heavy (non-hydrogen) atoms. The summed E-state index contributed by atoms with van der Waals surface area (Å²) in [5.74, 6) is 0. The Morgan fingerprint density at radius 2 is 1.18 bits per heavy atom. The molecule has 3 rings (SSSR count). The van der Waals surface area contributed by atoms with Crippen LogP contribution in [0.2, 0.25) is 0 Å². The molecule has 0 amide bonds. The lowest BCUT2D eigenvalue weighted by atomic mass is 10.1. The third-order valence-electron chi connectivity index (χ3n) is 3.73. The fraction of sp³-hybridized carbons (Fsp3) is 0.100. The maximum atomic E-state index is 3.53. The molecule has 1 unspecified atom stereocenters. The predicted molar refractivity (Wildman–Crippen MR) is 93.8 cm³/mol. The normalized spacial score (nSPS) is 11.7. The Kier molecular flexibility index (Phi) is 4.40. The number of nitrogens with one attached hydrogen (secondary N) is 1. The second-order valence-electron chi connectivity index (χ2n) is 5.27. The van der Waals surface area contributed by atoms with Crippen molar-refractivity contribution in [3.8, 4) is 0 Å². The van der Waals surface area contributed by atoms with Crippen molar-refractivity contribution in [2.24, 2.45) is 0 Å². The Labute approximate surface area is 132 Å². The number of benzene rings is 3. The molecule has 1 atom stereocenters. The summed E-state index contributed by atoms with van der Waals surface area (Å²) in [6.45, 7) is 2.21. The zero-order valence-electron chi connectivity index (χ0n) is 12.7. The van der Waals surface area contributed by atoms with Crippen LogP contribution >= 0.6 is 0 Å². The molecule has 2 nitrogen and oxygen atoms in total. The molecule has 110 valence electrons. The highest BCUT2D eigenvalue weighted by atomic mass is 15.5. The molecular formula is C20H20N2. The molecule has 0 heterocycles. The van der Waals surface area contributed by atoms with E-state index < -0.39 is 0 Å². The van der Waals surface area contributed by atoms with E-state index in [0.29, 0.717) is 0 Å². The second kappa shape index (κ2) is 6.81. The van der Waals surface area contributed by atoms with E-state index >= 15 is 0 Å². The fourth-order valence-electron chi connectivity index (χ4n) is 2.51. The van der Waals surface area contributed by atoms with Crippen molar-refractivity contribution >= 4 is 11.4 Å². The van der Waals surface area contributed by atoms with Crippen LogP contribution in [0.5, 0.6) is 0 Å². The number of hydrogen-bond acceptors (Lipinski definition) is 2. The lowest BCUT2D eigenvalue weighted by Gasteiger charge is -2.32. The number of para-hydroxylation sites is 2. The van der Waals surface area contributed by atoms with E-state index in [4.69, 9.17) is 0 Å². The number of nitrogens with zero attached hydrogens (tertiary/aromatic N) is 1. The molecule has 0 radical (unpaired) electrons. The highest BCUT2D eigenvalue weighted by Gasteiger charge is 2.16. The zero-order valence-corrected chi connectivity index (χ0v) is 12.7. The Balaban J connectivity index is 1.93. The zero-order chi connectivity index (χ0) is 15.2. The van der Waals surface area contributed by atoms with Gasteiger partial charge in [-0.25, -0.2) is 0 Å². The van der Waals surface area contributed by atoms with Gasteiger partial charge in [0.05, 0.1) is 17.4 Å². The van der Waals surface area contributed by atoms with Crippen molar-refractivity contribution in [1.29, 1.82) is 0 Å². The van der Waals surface area contributed by atoms with Gasteiger partial charge in [-0.3, -0.25) is 10.4 Å². The third-order valence-corrected chi connectivity index (χ3v) is 3.73. The van der Waals surface area contributed by atoms with Gasteiger partial charge in [0, 0.05) is 0 Å². The maximum Gasteiger partial charge on any atom is 0.0725 e. The number of anilines is 2. The molecule has 3 aromatic carbocycles. The molecule has 0 saturated carbocycles. The van der Waals surface area contributed by atoms with Crippen LogP contribution in [0, 0.1) is 0 Å². The van der Waals surface area contributed by atoms with E-state index in [2.05, 4.69) is 78.0 Å². The number of rotatable bonds is 5. The summed E-state index contributed by atoms with van der Waals surface area (Å²) in [7, 11) is 0. The average Bonchev–Trinajstić information content (AvgIpc) is 2.61. The maximum absolute atomic E-state index is 3.53. The van der Waals surface area contributed by atoms with Crippen LogP contribution in [-0.4, -0.2) is 0 Å². The van der Waals surface area contributed by atoms with E-state index in [9.17, 15) is 0 Å². The minimum Gasteiger partial charge on any atom is -0.298 e. The van der Waals surface area contributed by atoms with Crippen molar-refractivity contribution in [2.75, 3.05) is 10.4 Å². The van der Waals surface area contributed by atoms with E-state index in [-0.39, 0.29) is 6.04 Å². The Hall–Kier alpha value is -2.74. The summed E-state index contributed by atoms with van der Waals surface area (Å²) in [5.41, 5.74) is 7.02. The van der Waals surface area contributed by atoms with Crippen molar-refractivity contribution in [1.82, 2.24) is 0 Å². The van der Waals surface area contributed by atoms with E-state index in [1.807, 2.05) is 30.3 Å². The molecule has 0 aliphatic rings. The first-order valence-electron chi connectivity index (χ1n) is 7.55. The molecule has 2 heteroatoms. The quantitative estimate of drug-likeness (QED) is 0.642. The monoisotopic (exact) mass is 288 g/mol. The summed E-state index contributed by atoms with van der Waals surface area (Å²) in [6.07, 6.45) is 0. The van der Waals surface area contributed by atoms with Crippen molar-refractivity contribution in [3.63, 3.8) is 0 Å². The van der Waals surface area contributed by atoms with Gasteiger partial charge in [0.25, 0.3) is 0 Å². The van der Waals surface area contributed by atoms with Gasteiger partial charge < -0.3 is 0 Å². The molecule has 1 N–H and O–H groups in total. The summed E-state index contributed by atoms with van der Waals surface area (Å²) >= 11 is 0. The van der Waals surface area contributed by atoms with Gasteiger partial charge in [0.2, 0.25) is 0 Å². The largest absolute Gasteiger partial charge is 0.298 e. The molecule has 0 saturated heterocycles. The second-order valence-corrected chi connectivity index (χ2v) is 5.27. The molecular weight excluding hydrogens is 268 g/mol. The van der Waals surface area contributed by atoms with Crippen molar-refractivity contribution in [2.45, 2.75) is 13.0 Å². The van der Waals surface area contributed by atoms with Gasteiger partial charge in [-0.15, -0.1) is 0 Å². The Bertz CT molecular complexity index is 681. The van der Waals surface area contributed by atoms with Crippen molar-refractivity contribution in [3.05, 3.63) is 96.6 Å². The van der Waals surface area contributed by atoms with Gasteiger partial charge in [0.15, 0.2) is 0 Å². The molecule has 0 aromatic heterocycles. The first-order chi connectivity index (χ1) is 10.8. The third kappa shape index (κ3) is 3.29. The Morgan fingerprint density at radius 1 is 0.682 bits per heavy atom. The lowest BCUT2D eigenvalue weighted by molar-refractivity contribution is 0.732. The van der Waals surface area contributed by atoms with Gasteiger partial charge >= 0.3 is 0 Å². The molecule has 0 aliphatic heterocycles. The van der Waals surface area contributed by atoms with Gasteiger partial charge in [-0.2, -0.15) is 0 Å². The average molecular weight is 288 g/mol. The highest BCUT2D eigenvalue weighted by Crippen LogP contribution is 2.27. The summed E-state index contributed by atoms with van der Waals surface area (Å²) in [4.78, 5) is 0. The van der Waals surface area contributed by atoms with Gasteiger partial charge in [-0.1, -0.05) is 66.7 Å². The van der Waals surface area contributed by atoms with E-state index in [1.165, 1.54) is 5.56 Å². The number of hydrogen-bond donors (Lipinski definition) is 1. The molecule has 0 spiro atoms. The van der Waals surface area contributed by atoms with Gasteiger partial charge in [0.1, 0.15) is 0 Å². The predicted octanol–water partition coefficient (Wildman–Crippen LogP) is 5.28. The van der Waals surface area contributed by atoms with Crippen molar-refractivity contribution < 1.29 is 0 Å². The summed E-state index contributed by atoms with van der Waals surface area (Å²) in [6, 6.07) is 31.4. The van der Waals surface area contributed by atoms with Crippen LogP contribution in [0.4, 0.5) is 11.4 Å². The minimum absolute atomic E-state index is 0.212. The topological polar surface area (TPSA) is 15.3 Å². The molecule has 3 aromatic rings. The first kappa shape index (κ1) is 14.2. The summed E-state index contributed by atoms with van der Waals surface area (Å²) < 4.78 is 0. The molecule has 0 bridgehead atoms. The number of hydrazine groups is 1. The summed E-state index contributed by atoms with van der Waals surface area (Å²) in [5, 5.41) is 2.20. The van der Waals surface area contributed by atoms with Gasteiger partial charge in [-0.05, 0) is 36.8 Å². The van der Waals surface area contributed by atoms with Crippen LogP contribution in [0.1, 0.15) is 18.5 Å². The first-order valence-corrected chi connectivity index (χ1v) is 7.55. The standard InChI is InChI=1S/C20H20N2/c1-17(18-11-5-2-6-12-18)22(20-15-9-4-10-16-20)21-19-13-7-3-8-14-19/h2-17,21H,1H3. The van der Waals surface area contributed by atoms with Crippen LogP contribution in [0.25, 0.3) is 0 Å². The highest BCUT2D eigenvalue weighted by molar-refractivity contribution is 5.56. The minimum atomic E-state index is 0.212. The van der Waals surface area contributed by atoms with Crippen LogP contribution in [0.3, 0.4) is 0 Å².